The second kappa shape index (κ2) is 8.26. The van der Waals surface area contributed by atoms with Crippen molar-refractivity contribution in [2.45, 2.75) is 64.0 Å². The van der Waals surface area contributed by atoms with Gasteiger partial charge in [0.2, 0.25) is 0 Å². The van der Waals surface area contributed by atoms with E-state index in [1.807, 2.05) is 20.8 Å². The second-order valence-electron chi connectivity index (χ2n) is 8.24. The molecule has 158 valence electrons. The second-order valence-corrected chi connectivity index (χ2v) is 8.24. The fourth-order valence-corrected chi connectivity index (χ4v) is 3.67. The smallest absolute Gasteiger partial charge is 0.407 e. The molecule has 0 spiro atoms. The highest BCUT2D eigenvalue weighted by Crippen LogP contribution is 2.33. The molecule has 9 heteroatoms. The molecule has 29 heavy (non-hydrogen) atoms. The molecule has 1 aliphatic carbocycles. The van der Waals surface area contributed by atoms with Crippen LogP contribution in [-0.4, -0.2) is 52.5 Å². The zero-order valence-electron chi connectivity index (χ0n) is 17.5. The number of rotatable bonds is 4. The van der Waals surface area contributed by atoms with Gasteiger partial charge >= 0.3 is 12.1 Å². The average molecular weight is 404 g/mol. The van der Waals surface area contributed by atoms with E-state index >= 15 is 0 Å². The van der Waals surface area contributed by atoms with Crippen LogP contribution in [0.15, 0.2) is 12.3 Å². The number of nitrogens with one attached hydrogen (secondary N) is 1. The van der Waals surface area contributed by atoms with E-state index in [1.165, 1.54) is 14.2 Å². The highest BCUT2D eigenvalue weighted by atomic mass is 16.6. The number of hydrogen-bond donors (Lipinski definition) is 1. The lowest BCUT2D eigenvalue weighted by Gasteiger charge is -2.30. The van der Waals surface area contributed by atoms with Gasteiger partial charge < -0.3 is 19.5 Å². The molecule has 2 atom stereocenters. The fourth-order valence-electron chi connectivity index (χ4n) is 3.67. The predicted octanol–water partition coefficient (Wildman–Crippen LogP) is 3.08. The summed E-state index contributed by atoms with van der Waals surface area (Å²) in [6.45, 7) is 5.52. The van der Waals surface area contributed by atoms with Crippen molar-refractivity contribution in [1.29, 1.82) is 0 Å². The zero-order chi connectivity index (χ0) is 21.2. The third kappa shape index (κ3) is 4.78. The first-order valence-corrected chi connectivity index (χ1v) is 9.72. The molecule has 1 saturated carbocycles. The molecule has 1 fully saturated rings. The molecule has 1 N–H and O–H groups in total. The Labute approximate surface area is 169 Å². The standard InChI is InChI=1S/C20H28N4O5/c1-20(2,3)29-19(26)21-13-8-6-7-12(9-13)17-23-22-16-10-15(27-4)14(11-24(16)17)18(25)28-5/h10-13H,6-9H2,1-5H3,(H,21,26)/t12-,13+/m0/s1. The lowest BCUT2D eigenvalue weighted by molar-refractivity contribution is 0.0488. The van der Waals surface area contributed by atoms with Gasteiger partial charge in [0.15, 0.2) is 5.65 Å². The molecule has 2 aromatic heterocycles. The molecule has 0 radical (unpaired) electrons. The number of amides is 1. The van der Waals surface area contributed by atoms with E-state index in [2.05, 4.69) is 15.5 Å². The number of aromatic nitrogens is 3. The van der Waals surface area contributed by atoms with E-state index in [-0.39, 0.29) is 12.0 Å². The molecule has 0 aliphatic heterocycles. The topological polar surface area (TPSA) is 104 Å². The van der Waals surface area contributed by atoms with E-state index in [1.54, 1.807) is 16.7 Å². The van der Waals surface area contributed by atoms with Crippen LogP contribution >= 0.6 is 0 Å². The Kier molecular flexibility index (Phi) is 5.95. The minimum Gasteiger partial charge on any atom is -0.496 e. The van der Waals surface area contributed by atoms with Gasteiger partial charge in [-0.25, -0.2) is 9.59 Å². The van der Waals surface area contributed by atoms with Crippen molar-refractivity contribution < 1.29 is 23.8 Å². The van der Waals surface area contributed by atoms with Crippen molar-refractivity contribution in [1.82, 2.24) is 19.9 Å². The Morgan fingerprint density at radius 2 is 1.97 bits per heavy atom. The van der Waals surface area contributed by atoms with E-state index in [4.69, 9.17) is 14.2 Å². The van der Waals surface area contributed by atoms with Crippen molar-refractivity contribution >= 4 is 17.7 Å². The van der Waals surface area contributed by atoms with Gasteiger partial charge in [0.05, 0.1) is 14.2 Å². The van der Waals surface area contributed by atoms with Crippen LogP contribution in [-0.2, 0) is 9.47 Å². The number of ether oxygens (including phenoxy) is 3. The number of carbonyl (C=O) groups excluding carboxylic acids is 2. The molecule has 1 amide bonds. The summed E-state index contributed by atoms with van der Waals surface area (Å²) in [5.74, 6) is 0.744. The number of carbonyl (C=O) groups is 2. The first kappa shape index (κ1) is 20.9. The largest absolute Gasteiger partial charge is 0.496 e. The molecule has 0 saturated heterocycles. The number of alkyl carbamates (subject to hydrolysis) is 1. The molecular formula is C20H28N4O5. The van der Waals surface area contributed by atoms with Crippen LogP contribution in [0.5, 0.6) is 5.75 Å². The number of esters is 1. The zero-order valence-corrected chi connectivity index (χ0v) is 17.5. The molecule has 9 nitrogen and oxygen atoms in total. The van der Waals surface area contributed by atoms with Gasteiger partial charge in [-0.3, -0.25) is 4.40 Å². The van der Waals surface area contributed by atoms with Crippen LogP contribution in [0, 0.1) is 0 Å². The quantitative estimate of drug-likeness (QED) is 0.781. The van der Waals surface area contributed by atoms with Crippen molar-refractivity contribution in [3.63, 3.8) is 0 Å². The Bertz CT molecular complexity index is 902. The number of hydrogen-bond acceptors (Lipinski definition) is 7. The third-order valence-corrected chi connectivity index (χ3v) is 4.92. The van der Waals surface area contributed by atoms with Crippen molar-refractivity contribution in [3.05, 3.63) is 23.7 Å². The SMILES string of the molecule is COC(=O)c1cn2c([C@H]3CCC[C@@H](NC(=O)OC(C)(C)C)C3)nnc2cc1OC. The third-order valence-electron chi connectivity index (χ3n) is 4.92. The minimum atomic E-state index is -0.537. The van der Waals surface area contributed by atoms with E-state index in [9.17, 15) is 9.59 Å². The van der Waals surface area contributed by atoms with E-state index < -0.39 is 17.7 Å². The number of pyridine rings is 1. The molecular weight excluding hydrogens is 376 g/mol. The summed E-state index contributed by atoms with van der Waals surface area (Å²) in [7, 11) is 2.82. The Balaban J connectivity index is 1.82. The van der Waals surface area contributed by atoms with Crippen LogP contribution in [0.25, 0.3) is 5.65 Å². The monoisotopic (exact) mass is 404 g/mol. The summed E-state index contributed by atoms with van der Waals surface area (Å²) >= 11 is 0. The first-order chi connectivity index (χ1) is 13.7. The molecule has 0 bridgehead atoms. The van der Waals surface area contributed by atoms with Gasteiger partial charge in [-0.15, -0.1) is 10.2 Å². The normalized spacial score (nSPS) is 19.6. The lowest BCUT2D eigenvalue weighted by atomic mass is 9.85. The Hall–Kier alpha value is -2.84. The Morgan fingerprint density at radius 1 is 1.21 bits per heavy atom. The fraction of sp³-hybridized carbons (Fsp3) is 0.600. The molecule has 0 unspecified atom stereocenters. The maximum Gasteiger partial charge on any atom is 0.407 e. The van der Waals surface area contributed by atoms with Crippen LogP contribution in [0.4, 0.5) is 4.79 Å². The van der Waals surface area contributed by atoms with E-state index in [0.717, 1.165) is 31.5 Å². The van der Waals surface area contributed by atoms with Gasteiger partial charge in [-0.2, -0.15) is 0 Å². The highest BCUT2D eigenvalue weighted by molar-refractivity contribution is 5.92. The lowest BCUT2D eigenvalue weighted by Crippen LogP contribution is -2.41. The summed E-state index contributed by atoms with van der Waals surface area (Å²) in [5, 5.41) is 11.5. The van der Waals surface area contributed by atoms with Crippen LogP contribution < -0.4 is 10.1 Å². The minimum absolute atomic E-state index is 0.00530. The van der Waals surface area contributed by atoms with Crippen molar-refractivity contribution in [2.75, 3.05) is 14.2 Å². The maximum absolute atomic E-state index is 12.1. The van der Waals surface area contributed by atoms with Gasteiger partial charge in [-0.05, 0) is 40.0 Å². The summed E-state index contributed by atoms with van der Waals surface area (Å²) < 4.78 is 17.3. The van der Waals surface area contributed by atoms with Gasteiger partial charge in [0.1, 0.15) is 22.7 Å². The molecule has 2 heterocycles. The highest BCUT2D eigenvalue weighted by Gasteiger charge is 2.29. The summed E-state index contributed by atoms with van der Waals surface area (Å²) in [6.07, 6.45) is 4.72. The predicted molar refractivity (Wildman–Crippen MR) is 105 cm³/mol. The summed E-state index contributed by atoms with van der Waals surface area (Å²) in [5.41, 5.74) is 0.361. The summed E-state index contributed by atoms with van der Waals surface area (Å²) in [6, 6.07) is 1.66. The Morgan fingerprint density at radius 3 is 2.62 bits per heavy atom. The average Bonchev–Trinajstić information content (AvgIpc) is 3.07. The number of fused-ring (bicyclic) bond motifs is 1. The van der Waals surface area contributed by atoms with Crippen molar-refractivity contribution in [2.24, 2.45) is 0 Å². The maximum atomic E-state index is 12.1. The van der Waals surface area contributed by atoms with Crippen LogP contribution in [0.3, 0.4) is 0 Å². The van der Waals surface area contributed by atoms with Gasteiger partial charge in [0, 0.05) is 24.2 Å². The number of methoxy groups -OCH3 is 2. The summed E-state index contributed by atoms with van der Waals surface area (Å²) in [4.78, 5) is 24.2. The van der Waals surface area contributed by atoms with Crippen molar-refractivity contribution in [3.8, 4) is 5.75 Å². The van der Waals surface area contributed by atoms with Gasteiger partial charge in [0.25, 0.3) is 0 Å². The molecule has 0 aromatic carbocycles. The van der Waals surface area contributed by atoms with E-state index in [0.29, 0.717) is 17.0 Å². The molecule has 3 rings (SSSR count). The first-order valence-electron chi connectivity index (χ1n) is 9.72. The molecule has 2 aromatic rings. The van der Waals surface area contributed by atoms with Crippen LogP contribution in [0.2, 0.25) is 0 Å². The number of nitrogens with zero attached hydrogens (tertiary/aromatic N) is 3. The molecule has 1 aliphatic rings. The van der Waals surface area contributed by atoms with Gasteiger partial charge in [-0.1, -0.05) is 6.42 Å². The van der Waals surface area contributed by atoms with Crippen LogP contribution in [0.1, 0.15) is 68.6 Å².